The predicted molar refractivity (Wildman–Crippen MR) is 108 cm³/mol. The van der Waals surface area contributed by atoms with Crippen molar-refractivity contribution in [3.05, 3.63) is 57.7 Å². The van der Waals surface area contributed by atoms with Crippen LogP contribution in [0.5, 0.6) is 0 Å². The Bertz CT molecular complexity index is 998. The highest BCUT2D eigenvalue weighted by molar-refractivity contribution is 7.09. The van der Waals surface area contributed by atoms with E-state index in [0.29, 0.717) is 5.01 Å². The van der Waals surface area contributed by atoms with Gasteiger partial charge in [0, 0.05) is 41.0 Å². The van der Waals surface area contributed by atoms with Crippen LogP contribution in [0, 0.1) is 6.92 Å². The molecule has 140 valence electrons. The molecule has 3 N–H and O–H groups in total. The minimum atomic E-state index is -1.15. The number of aromatic nitrogens is 3. The first kappa shape index (κ1) is 17.9. The van der Waals surface area contributed by atoms with Gasteiger partial charge in [-0.1, -0.05) is 26.0 Å². The molecule has 0 bridgehead atoms. The van der Waals surface area contributed by atoms with Crippen LogP contribution in [0.15, 0.2) is 36.0 Å². The highest BCUT2D eigenvalue weighted by Crippen LogP contribution is 2.46. The number of aliphatic hydroxyl groups is 1. The van der Waals surface area contributed by atoms with Gasteiger partial charge in [-0.05, 0) is 31.0 Å². The third-order valence-corrected chi connectivity index (χ3v) is 6.19. The fourth-order valence-electron chi connectivity index (χ4n) is 3.69. The Balaban J connectivity index is 1.86. The largest absolute Gasteiger partial charge is 0.378 e. The van der Waals surface area contributed by atoms with Crippen LogP contribution >= 0.6 is 11.3 Å². The Labute approximate surface area is 162 Å². The monoisotopic (exact) mass is 381 g/mol. The molecule has 2 aromatic heterocycles. The summed E-state index contributed by atoms with van der Waals surface area (Å²) in [5.74, 6) is 1.06. The molecular weight excluding hydrogens is 358 g/mol. The van der Waals surface area contributed by atoms with Crippen molar-refractivity contribution in [2.75, 3.05) is 17.2 Å². The predicted octanol–water partition coefficient (Wildman–Crippen LogP) is 3.51. The maximum atomic E-state index is 11.1. The molecule has 1 aliphatic heterocycles. The first-order chi connectivity index (χ1) is 12.7. The summed E-state index contributed by atoms with van der Waals surface area (Å²) in [4.78, 5) is 15.0. The Morgan fingerprint density at radius 1 is 1.30 bits per heavy atom. The van der Waals surface area contributed by atoms with Gasteiger partial charge < -0.3 is 15.7 Å². The maximum absolute atomic E-state index is 11.1. The summed E-state index contributed by atoms with van der Waals surface area (Å²) in [5, 5.41) is 13.7. The molecule has 7 heteroatoms. The van der Waals surface area contributed by atoms with E-state index in [1.165, 1.54) is 16.9 Å². The first-order valence-electron chi connectivity index (χ1n) is 8.84. The second-order valence-electron chi connectivity index (χ2n) is 7.85. The van der Waals surface area contributed by atoms with Crippen LogP contribution in [-0.4, -0.2) is 26.6 Å². The fraction of sp³-hybridized carbons (Fsp3) is 0.350. The highest BCUT2D eigenvalue weighted by Gasteiger charge is 2.39. The van der Waals surface area contributed by atoms with Crippen molar-refractivity contribution in [3.8, 4) is 0 Å². The summed E-state index contributed by atoms with van der Waals surface area (Å²) < 4.78 is 0. The van der Waals surface area contributed by atoms with Crippen LogP contribution in [0.4, 0.5) is 17.5 Å². The van der Waals surface area contributed by atoms with Gasteiger partial charge in [-0.2, -0.15) is 4.98 Å². The molecule has 1 aromatic carbocycles. The summed E-state index contributed by atoms with van der Waals surface area (Å²) in [7, 11) is 0. The number of nitrogen functional groups attached to an aromatic ring is 1. The third kappa shape index (κ3) is 2.87. The second kappa shape index (κ2) is 6.00. The zero-order valence-corrected chi connectivity index (χ0v) is 16.7. The van der Waals surface area contributed by atoms with E-state index in [0.717, 1.165) is 29.2 Å². The topological polar surface area (TPSA) is 88.2 Å². The molecular formula is C20H23N5OS. The van der Waals surface area contributed by atoms with Crippen molar-refractivity contribution < 1.29 is 5.11 Å². The van der Waals surface area contributed by atoms with Crippen LogP contribution < -0.4 is 10.6 Å². The molecule has 0 aliphatic carbocycles. The smallest absolute Gasteiger partial charge is 0.221 e. The van der Waals surface area contributed by atoms with Gasteiger partial charge in [0.05, 0.1) is 0 Å². The van der Waals surface area contributed by atoms with E-state index in [1.54, 1.807) is 19.3 Å². The number of fused-ring (bicyclic) bond motifs is 1. The van der Waals surface area contributed by atoms with E-state index in [9.17, 15) is 5.11 Å². The fourth-order valence-corrected chi connectivity index (χ4v) is 4.41. The van der Waals surface area contributed by atoms with Crippen LogP contribution in [0.1, 0.15) is 42.5 Å². The average molecular weight is 382 g/mol. The van der Waals surface area contributed by atoms with E-state index in [4.69, 9.17) is 5.73 Å². The van der Waals surface area contributed by atoms with Crippen LogP contribution in [0.25, 0.3) is 0 Å². The van der Waals surface area contributed by atoms with Crippen molar-refractivity contribution in [2.24, 2.45) is 0 Å². The molecule has 0 unspecified atom stereocenters. The Kier molecular flexibility index (Phi) is 3.98. The van der Waals surface area contributed by atoms with Gasteiger partial charge in [-0.15, -0.1) is 11.3 Å². The first-order valence-corrected chi connectivity index (χ1v) is 9.72. The van der Waals surface area contributed by atoms with Crippen LogP contribution in [-0.2, 0) is 11.0 Å². The second-order valence-corrected chi connectivity index (χ2v) is 8.74. The van der Waals surface area contributed by atoms with Crippen LogP contribution in [0.2, 0.25) is 0 Å². The lowest BCUT2D eigenvalue weighted by molar-refractivity contribution is 0.102. The number of aryl methyl sites for hydroxylation is 1. The number of anilines is 3. The van der Waals surface area contributed by atoms with E-state index < -0.39 is 5.60 Å². The van der Waals surface area contributed by atoms with Crippen molar-refractivity contribution >= 4 is 28.8 Å². The third-order valence-electron chi connectivity index (χ3n) is 5.20. The lowest BCUT2D eigenvalue weighted by Crippen LogP contribution is -2.26. The van der Waals surface area contributed by atoms with Crippen molar-refractivity contribution in [2.45, 2.75) is 38.7 Å². The molecule has 3 heterocycles. The van der Waals surface area contributed by atoms with Gasteiger partial charge in [-0.25, -0.2) is 9.97 Å². The molecule has 0 radical (unpaired) electrons. The molecule has 0 saturated heterocycles. The average Bonchev–Trinajstić information content (AvgIpc) is 3.24. The van der Waals surface area contributed by atoms with Gasteiger partial charge in [0.15, 0.2) is 0 Å². The Hall–Kier alpha value is -2.51. The number of thiazole rings is 1. The van der Waals surface area contributed by atoms with Crippen molar-refractivity contribution in [3.63, 3.8) is 0 Å². The van der Waals surface area contributed by atoms with Gasteiger partial charge in [-0.3, -0.25) is 0 Å². The molecule has 4 rings (SSSR count). The van der Waals surface area contributed by atoms with Gasteiger partial charge in [0.2, 0.25) is 5.95 Å². The molecule has 1 aliphatic rings. The minimum Gasteiger partial charge on any atom is -0.378 e. The van der Waals surface area contributed by atoms with E-state index >= 15 is 0 Å². The Morgan fingerprint density at radius 3 is 2.78 bits per heavy atom. The quantitative estimate of drug-likeness (QED) is 0.722. The van der Waals surface area contributed by atoms with E-state index in [2.05, 4.69) is 39.8 Å². The zero-order valence-electron chi connectivity index (χ0n) is 15.9. The van der Waals surface area contributed by atoms with Gasteiger partial charge in [0.1, 0.15) is 16.4 Å². The Morgan fingerprint density at radius 2 is 2.07 bits per heavy atom. The summed E-state index contributed by atoms with van der Waals surface area (Å²) >= 11 is 1.45. The number of hydrogen-bond acceptors (Lipinski definition) is 7. The highest BCUT2D eigenvalue weighted by atomic mass is 32.1. The number of nitrogens with zero attached hydrogens (tertiary/aromatic N) is 4. The van der Waals surface area contributed by atoms with E-state index in [1.807, 2.05) is 24.4 Å². The van der Waals surface area contributed by atoms with Gasteiger partial charge in [0.25, 0.3) is 0 Å². The standard InChI is InChI=1S/C20H23N5OS/c1-12-10-23-18(21)24-16(12)25-11-19(2,3)14-6-5-13(9-15(14)25)20(4,26)17-22-7-8-27-17/h5-10,26H,11H2,1-4H3,(H2,21,23,24)/t20-/m1/s1. The number of rotatable bonds is 3. The summed E-state index contributed by atoms with van der Waals surface area (Å²) in [5.41, 5.74) is 8.68. The number of nitrogens with two attached hydrogens (primary N) is 1. The molecule has 0 spiro atoms. The van der Waals surface area contributed by atoms with Gasteiger partial charge >= 0.3 is 0 Å². The van der Waals surface area contributed by atoms with Crippen molar-refractivity contribution in [1.29, 1.82) is 0 Å². The molecule has 3 aromatic rings. The molecule has 27 heavy (non-hydrogen) atoms. The molecule has 0 fully saturated rings. The summed E-state index contributed by atoms with van der Waals surface area (Å²) in [6.07, 6.45) is 3.46. The van der Waals surface area contributed by atoms with Crippen LogP contribution in [0.3, 0.4) is 0 Å². The zero-order chi connectivity index (χ0) is 19.4. The molecule has 1 atom stereocenters. The SMILES string of the molecule is Cc1cnc(N)nc1N1CC(C)(C)c2ccc([C@@](C)(O)c3nccs3)cc21. The summed E-state index contributed by atoms with van der Waals surface area (Å²) in [6, 6.07) is 6.14. The summed E-state index contributed by atoms with van der Waals surface area (Å²) in [6.45, 7) is 8.97. The maximum Gasteiger partial charge on any atom is 0.221 e. The number of benzene rings is 1. The minimum absolute atomic E-state index is 0.0486. The van der Waals surface area contributed by atoms with Crippen molar-refractivity contribution in [1.82, 2.24) is 15.0 Å². The molecule has 6 nitrogen and oxygen atoms in total. The molecule has 0 amide bonds. The molecule has 0 saturated carbocycles. The normalized spacial score (nSPS) is 17.6. The van der Waals surface area contributed by atoms with E-state index in [-0.39, 0.29) is 11.4 Å². The lowest BCUT2D eigenvalue weighted by atomic mass is 9.85. The lowest BCUT2D eigenvalue weighted by Gasteiger charge is -2.25. The number of hydrogen-bond donors (Lipinski definition) is 2.